The summed E-state index contributed by atoms with van der Waals surface area (Å²) in [7, 11) is 1.68. The minimum Gasteiger partial charge on any atom is -0.496 e. The number of benzene rings is 1. The van der Waals surface area contributed by atoms with Crippen molar-refractivity contribution in [3.05, 3.63) is 78.2 Å². The van der Waals surface area contributed by atoms with Gasteiger partial charge in [0.2, 0.25) is 5.91 Å². The van der Waals surface area contributed by atoms with Gasteiger partial charge in [-0.2, -0.15) is 0 Å². The van der Waals surface area contributed by atoms with Crippen LogP contribution in [0.3, 0.4) is 0 Å². The van der Waals surface area contributed by atoms with Crippen LogP contribution in [0.1, 0.15) is 30.0 Å². The van der Waals surface area contributed by atoms with Gasteiger partial charge in [0.1, 0.15) is 5.75 Å². The number of pyridine rings is 2. The van der Waals surface area contributed by atoms with Crippen molar-refractivity contribution >= 4 is 5.91 Å². The van der Waals surface area contributed by atoms with Crippen LogP contribution < -0.4 is 4.74 Å². The zero-order valence-electron chi connectivity index (χ0n) is 16.6. The molecule has 5 nitrogen and oxygen atoms in total. The molecule has 5 heteroatoms. The van der Waals surface area contributed by atoms with E-state index in [4.69, 9.17) is 9.72 Å². The molecule has 1 atom stereocenters. The minimum absolute atomic E-state index is 0.168. The highest BCUT2D eigenvalue weighted by Gasteiger charge is 2.26. The zero-order valence-corrected chi connectivity index (χ0v) is 16.6. The van der Waals surface area contributed by atoms with Crippen molar-refractivity contribution in [2.75, 3.05) is 20.2 Å². The number of hydrogen-bond acceptors (Lipinski definition) is 4. The first kappa shape index (κ1) is 19.1. The van der Waals surface area contributed by atoms with Gasteiger partial charge >= 0.3 is 0 Å². The van der Waals surface area contributed by atoms with Gasteiger partial charge in [0, 0.05) is 42.7 Å². The van der Waals surface area contributed by atoms with Gasteiger partial charge in [-0.1, -0.05) is 18.2 Å². The lowest BCUT2D eigenvalue weighted by atomic mass is 9.93. The number of hydrogen-bond donors (Lipinski definition) is 0. The Morgan fingerprint density at radius 1 is 1.10 bits per heavy atom. The van der Waals surface area contributed by atoms with Crippen LogP contribution >= 0.6 is 0 Å². The molecule has 1 amide bonds. The monoisotopic (exact) mass is 387 g/mol. The molecule has 0 aliphatic carbocycles. The van der Waals surface area contributed by atoms with Crippen LogP contribution in [0.2, 0.25) is 0 Å². The Labute approximate surface area is 171 Å². The molecule has 29 heavy (non-hydrogen) atoms. The standard InChI is InChI=1S/C24H25N3O2/c1-29-23-10-3-2-7-20(23)22-9-4-8-21(26-22)19-6-5-15-27(17-19)24(28)16-18-11-13-25-14-12-18/h2-4,7-14,19H,5-6,15-17H2,1H3/t19-/m1/s1. The Balaban J connectivity index is 1.50. The van der Waals surface area contributed by atoms with Crippen LogP contribution in [0, 0.1) is 0 Å². The largest absolute Gasteiger partial charge is 0.496 e. The number of rotatable bonds is 5. The summed E-state index contributed by atoms with van der Waals surface area (Å²) in [4.78, 5) is 23.7. The third kappa shape index (κ3) is 4.45. The molecule has 1 aliphatic heterocycles. The lowest BCUT2D eigenvalue weighted by Gasteiger charge is -2.32. The predicted molar refractivity (Wildman–Crippen MR) is 113 cm³/mol. The van der Waals surface area contributed by atoms with E-state index >= 15 is 0 Å². The number of likely N-dealkylation sites (tertiary alicyclic amines) is 1. The number of piperidine rings is 1. The van der Waals surface area contributed by atoms with Gasteiger partial charge < -0.3 is 9.64 Å². The van der Waals surface area contributed by atoms with E-state index < -0.39 is 0 Å². The number of ether oxygens (including phenoxy) is 1. The van der Waals surface area contributed by atoms with Gasteiger partial charge in [0.15, 0.2) is 0 Å². The molecule has 0 spiro atoms. The summed E-state index contributed by atoms with van der Waals surface area (Å²) in [6.45, 7) is 1.53. The maximum Gasteiger partial charge on any atom is 0.227 e. The molecule has 4 rings (SSSR count). The average molecular weight is 387 g/mol. The fourth-order valence-electron chi connectivity index (χ4n) is 3.92. The van der Waals surface area contributed by atoms with Gasteiger partial charge in [-0.15, -0.1) is 0 Å². The van der Waals surface area contributed by atoms with Crippen molar-refractivity contribution < 1.29 is 9.53 Å². The normalized spacial score (nSPS) is 16.4. The lowest BCUT2D eigenvalue weighted by Crippen LogP contribution is -2.40. The summed E-state index contributed by atoms with van der Waals surface area (Å²) in [5, 5.41) is 0. The Morgan fingerprint density at radius 3 is 2.76 bits per heavy atom. The maximum absolute atomic E-state index is 12.8. The van der Waals surface area contributed by atoms with E-state index in [1.54, 1.807) is 19.5 Å². The van der Waals surface area contributed by atoms with E-state index in [1.165, 1.54) is 0 Å². The van der Waals surface area contributed by atoms with Crippen LogP contribution in [0.4, 0.5) is 0 Å². The fourth-order valence-corrected chi connectivity index (χ4v) is 3.92. The molecule has 1 saturated heterocycles. The molecule has 1 aromatic carbocycles. The summed E-state index contributed by atoms with van der Waals surface area (Å²) in [5.41, 5.74) is 3.93. The van der Waals surface area contributed by atoms with Crippen LogP contribution in [-0.2, 0) is 11.2 Å². The molecular weight excluding hydrogens is 362 g/mol. The molecule has 0 N–H and O–H groups in total. The first-order chi connectivity index (χ1) is 14.2. The van der Waals surface area contributed by atoms with Crippen molar-refractivity contribution in [1.29, 1.82) is 0 Å². The predicted octanol–water partition coefficient (Wildman–Crippen LogP) is 4.10. The average Bonchev–Trinajstić information content (AvgIpc) is 2.80. The van der Waals surface area contributed by atoms with Crippen molar-refractivity contribution in [1.82, 2.24) is 14.9 Å². The molecule has 0 unspecified atom stereocenters. The van der Waals surface area contributed by atoms with Gasteiger partial charge in [-0.3, -0.25) is 14.8 Å². The van der Waals surface area contributed by atoms with Crippen molar-refractivity contribution in [3.63, 3.8) is 0 Å². The third-order valence-corrected chi connectivity index (χ3v) is 5.45. The number of para-hydroxylation sites is 1. The van der Waals surface area contributed by atoms with Crippen LogP contribution in [-0.4, -0.2) is 41.0 Å². The van der Waals surface area contributed by atoms with Gasteiger partial charge in [0.25, 0.3) is 0 Å². The number of carbonyl (C=O) groups is 1. The Morgan fingerprint density at radius 2 is 1.93 bits per heavy atom. The molecule has 1 fully saturated rings. The molecule has 0 bridgehead atoms. The number of nitrogens with zero attached hydrogens (tertiary/aromatic N) is 3. The number of carbonyl (C=O) groups excluding carboxylic acids is 1. The first-order valence-electron chi connectivity index (χ1n) is 10.0. The second kappa shape index (κ2) is 8.86. The molecule has 0 saturated carbocycles. The third-order valence-electron chi connectivity index (χ3n) is 5.45. The summed E-state index contributed by atoms with van der Waals surface area (Å²) < 4.78 is 5.49. The van der Waals surface area contributed by atoms with Gasteiger partial charge in [-0.25, -0.2) is 0 Å². The van der Waals surface area contributed by atoms with Crippen molar-refractivity contribution in [3.8, 4) is 17.0 Å². The Hall–Kier alpha value is -3.21. The molecule has 3 aromatic rings. The van der Waals surface area contributed by atoms with E-state index in [9.17, 15) is 4.79 Å². The smallest absolute Gasteiger partial charge is 0.227 e. The number of methoxy groups -OCH3 is 1. The lowest BCUT2D eigenvalue weighted by molar-refractivity contribution is -0.131. The van der Waals surface area contributed by atoms with E-state index in [0.29, 0.717) is 13.0 Å². The summed E-state index contributed by atoms with van der Waals surface area (Å²) >= 11 is 0. The van der Waals surface area contributed by atoms with E-state index in [1.807, 2.05) is 53.4 Å². The number of amides is 1. The highest BCUT2D eigenvalue weighted by molar-refractivity contribution is 5.79. The van der Waals surface area contributed by atoms with E-state index in [0.717, 1.165) is 47.7 Å². The minimum atomic E-state index is 0.168. The van der Waals surface area contributed by atoms with E-state index in [-0.39, 0.29) is 11.8 Å². The topological polar surface area (TPSA) is 55.3 Å². The second-order valence-corrected chi connectivity index (χ2v) is 7.36. The highest BCUT2D eigenvalue weighted by Crippen LogP contribution is 2.31. The van der Waals surface area contributed by atoms with E-state index in [2.05, 4.69) is 11.1 Å². The molecule has 3 heterocycles. The fraction of sp³-hybridized carbons (Fsp3) is 0.292. The molecular formula is C24H25N3O2. The van der Waals surface area contributed by atoms with Crippen molar-refractivity contribution in [2.45, 2.75) is 25.2 Å². The van der Waals surface area contributed by atoms with Crippen LogP contribution in [0.5, 0.6) is 5.75 Å². The van der Waals surface area contributed by atoms with Crippen molar-refractivity contribution in [2.24, 2.45) is 0 Å². The summed E-state index contributed by atoms with van der Waals surface area (Å²) in [6.07, 6.45) is 5.92. The zero-order chi connectivity index (χ0) is 20.1. The summed E-state index contributed by atoms with van der Waals surface area (Å²) in [5.74, 6) is 1.23. The maximum atomic E-state index is 12.8. The molecule has 2 aromatic heterocycles. The van der Waals surface area contributed by atoms with Crippen LogP contribution in [0.25, 0.3) is 11.3 Å². The quantitative estimate of drug-likeness (QED) is 0.661. The molecule has 1 aliphatic rings. The molecule has 0 radical (unpaired) electrons. The SMILES string of the molecule is COc1ccccc1-c1cccc([C@@H]2CCCN(C(=O)Cc3ccncc3)C2)n1. The highest BCUT2D eigenvalue weighted by atomic mass is 16.5. The number of aromatic nitrogens is 2. The summed E-state index contributed by atoms with van der Waals surface area (Å²) in [6, 6.07) is 17.8. The van der Waals surface area contributed by atoms with Crippen LogP contribution in [0.15, 0.2) is 67.0 Å². The Bertz CT molecular complexity index is 975. The second-order valence-electron chi connectivity index (χ2n) is 7.36. The molecule has 148 valence electrons. The van der Waals surface area contributed by atoms with Gasteiger partial charge in [-0.05, 0) is 54.8 Å². The Kier molecular flexibility index (Phi) is 5.84. The first-order valence-corrected chi connectivity index (χ1v) is 10.0. The van der Waals surface area contributed by atoms with Gasteiger partial charge in [0.05, 0.1) is 19.2 Å².